The molecule has 29 heavy (non-hydrogen) atoms. The molecule has 0 aliphatic heterocycles. The molecule has 2 nitrogen and oxygen atoms in total. The highest BCUT2D eigenvalue weighted by molar-refractivity contribution is 8.04. The molecule has 0 aliphatic carbocycles. The van der Waals surface area contributed by atoms with Crippen molar-refractivity contribution in [1.82, 2.24) is 9.97 Å². The molecule has 0 radical (unpaired) electrons. The summed E-state index contributed by atoms with van der Waals surface area (Å²) in [5.41, 5.74) is 1.93. The van der Waals surface area contributed by atoms with E-state index in [4.69, 9.17) is 12.8 Å². The lowest BCUT2D eigenvalue weighted by Crippen LogP contribution is -1.91. The second kappa shape index (κ2) is 9.29. The summed E-state index contributed by atoms with van der Waals surface area (Å²) in [7, 11) is 0. The number of nitrogens with zero attached hydrogens (tertiary/aromatic N) is 2. The van der Waals surface area contributed by atoms with Crippen LogP contribution in [0.25, 0.3) is 21.8 Å². The average Bonchev–Trinajstić information content (AvgIpc) is 2.77. The molecular weight excluding hydrogens is 412 g/mol. The molecule has 5 heteroatoms. The highest BCUT2D eigenvalue weighted by Crippen LogP contribution is 2.44. The minimum Gasteiger partial charge on any atom is -0.255 e. The molecule has 0 unspecified atom stereocenters. The summed E-state index contributed by atoms with van der Waals surface area (Å²) in [4.78, 5) is 13.8. The van der Waals surface area contributed by atoms with E-state index in [0.29, 0.717) is 11.5 Å². The third kappa shape index (κ3) is 4.23. The van der Waals surface area contributed by atoms with Gasteiger partial charge in [-0.25, -0.2) is 0 Å². The second-order valence-corrected chi connectivity index (χ2v) is 9.08. The van der Waals surface area contributed by atoms with Crippen LogP contribution in [0.2, 0.25) is 0 Å². The van der Waals surface area contributed by atoms with Crippen molar-refractivity contribution in [1.29, 1.82) is 0 Å². The number of para-hydroxylation sites is 2. The van der Waals surface area contributed by atoms with E-state index in [0.717, 1.165) is 41.4 Å². The van der Waals surface area contributed by atoms with Crippen molar-refractivity contribution in [2.45, 2.75) is 19.6 Å². The molecule has 2 heterocycles. The summed E-state index contributed by atoms with van der Waals surface area (Å²) in [6.07, 6.45) is 14.9. The smallest absolute Gasteiger partial charge is 0.0714 e. The topological polar surface area (TPSA) is 25.8 Å². The number of aromatic nitrogens is 2. The highest BCUT2D eigenvalue weighted by atomic mass is 32.2. The van der Waals surface area contributed by atoms with Crippen molar-refractivity contribution < 1.29 is 0 Å². The maximum Gasteiger partial charge on any atom is 0.0714 e. The highest BCUT2D eigenvalue weighted by Gasteiger charge is 2.15. The standard InChI is InChI=1S/C24H16N2S3/c1-3-13-27-21-15-25-20-12-8-6-10-18(20)24(21)29-22-16-26-19-11-7-5-9-17(19)23(22)28-14-4-2/h1-2,5-12,15-16H,13-14H2. The number of pyridine rings is 2. The predicted octanol–water partition coefficient (Wildman–Crippen LogP) is 6.38. The fourth-order valence-electron chi connectivity index (χ4n) is 2.97. The molecular formula is C24H16N2S3. The van der Waals surface area contributed by atoms with Gasteiger partial charge in [-0.1, -0.05) is 60.0 Å². The number of hydrogen-bond donors (Lipinski definition) is 0. The Balaban J connectivity index is 1.87. The lowest BCUT2D eigenvalue weighted by Gasteiger charge is -2.14. The summed E-state index contributed by atoms with van der Waals surface area (Å²) < 4.78 is 0. The van der Waals surface area contributed by atoms with Crippen molar-refractivity contribution in [3.05, 3.63) is 60.9 Å². The van der Waals surface area contributed by atoms with Crippen LogP contribution in [0.3, 0.4) is 0 Å². The zero-order chi connectivity index (χ0) is 20.1. The van der Waals surface area contributed by atoms with E-state index in [9.17, 15) is 0 Å². The molecule has 0 N–H and O–H groups in total. The molecule has 4 aromatic rings. The van der Waals surface area contributed by atoms with Crippen molar-refractivity contribution >= 4 is 57.1 Å². The molecule has 2 aromatic heterocycles. The largest absolute Gasteiger partial charge is 0.255 e. The molecule has 140 valence electrons. The number of rotatable bonds is 6. The Morgan fingerprint density at radius 1 is 0.690 bits per heavy atom. The van der Waals surface area contributed by atoms with Gasteiger partial charge in [0.1, 0.15) is 0 Å². The van der Waals surface area contributed by atoms with Crippen LogP contribution in [-0.4, -0.2) is 21.5 Å². The first-order chi connectivity index (χ1) is 14.3. The third-order valence-electron chi connectivity index (χ3n) is 4.21. The summed E-state index contributed by atoms with van der Waals surface area (Å²) in [5.74, 6) is 6.65. The van der Waals surface area contributed by atoms with E-state index < -0.39 is 0 Å². The van der Waals surface area contributed by atoms with Gasteiger partial charge in [0.15, 0.2) is 0 Å². The van der Waals surface area contributed by atoms with Gasteiger partial charge in [0.05, 0.1) is 22.5 Å². The fourth-order valence-corrected chi connectivity index (χ4v) is 5.89. The van der Waals surface area contributed by atoms with Gasteiger partial charge in [-0.2, -0.15) is 0 Å². The third-order valence-corrected chi connectivity index (χ3v) is 7.61. The quantitative estimate of drug-likeness (QED) is 0.262. The van der Waals surface area contributed by atoms with Crippen LogP contribution in [-0.2, 0) is 0 Å². The van der Waals surface area contributed by atoms with Gasteiger partial charge in [-0.05, 0) is 12.1 Å². The fraction of sp³-hybridized carbons (Fsp3) is 0.0833. The van der Waals surface area contributed by atoms with Gasteiger partial charge in [-0.3, -0.25) is 9.97 Å². The van der Waals surface area contributed by atoms with Crippen LogP contribution in [0, 0.1) is 24.7 Å². The van der Waals surface area contributed by atoms with E-state index in [-0.39, 0.29) is 0 Å². The van der Waals surface area contributed by atoms with Crippen molar-refractivity contribution in [2.75, 3.05) is 11.5 Å². The molecule has 0 spiro atoms. The minimum absolute atomic E-state index is 0.599. The predicted molar refractivity (Wildman–Crippen MR) is 127 cm³/mol. The lowest BCUT2D eigenvalue weighted by atomic mass is 10.2. The number of thioether (sulfide) groups is 2. The molecule has 4 rings (SSSR count). The summed E-state index contributed by atoms with van der Waals surface area (Å²) >= 11 is 5.01. The minimum atomic E-state index is 0.599. The Hall–Kier alpha value is -2.57. The molecule has 2 aromatic carbocycles. The van der Waals surface area contributed by atoms with E-state index in [1.165, 1.54) is 0 Å². The maximum absolute atomic E-state index is 5.55. The normalized spacial score (nSPS) is 10.7. The van der Waals surface area contributed by atoms with E-state index in [1.807, 2.05) is 48.8 Å². The summed E-state index contributed by atoms with van der Waals surface area (Å²) in [6, 6.07) is 16.3. The lowest BCUT2D eigenvalue weighted by molar-refractivity contribution is 1.17. The number of benzene rings is 2. The zero-order valence-electron chi connectivity index (χ0n) is 15.5. The number of terminal acetylenes is 2. The van der Waals surface area contributed by atoms with Crippen LogP contribution >= 0.6 is 35.3 Å². The first kappa shape index (κ1) is 19.7. The molecule has 0 bridgehead atoms. The van der Waals surface area contributed by atoms with E-state index in [2.05, 4.69) is 33.9 Å². The van der Waals surface area contributed by atoms with Gasteiger partial charge in [0, 0.05) is 42.7 Å². The van der Waals surface area contributed by atoms with Gasteiger partial charge < -0.3 is 0 Å². The van der Waals surface area contributed by atoms with Gasteiger partial charge in [-0.15, -0.1) is 36.4 Å². The van der Waals surface area contributed by atoms with Crippen LogP contribution in [0.15, 0.2) is 80.5 Å². The second-order valence-electron chi connectivity index (χ2n) is 6.03. The van der Waals surface area contributed by atoms with Crippen LogP contribution in [0.5, 0.6) is 0 Å². The van der Waals surface area contributed by atoms with Gasteiger partial charge >= 0.3 is 0 Å². The number of fused-ring (bicyclic) bond motifs is 2. The Labute approximate surface area is 183 Å². The Morgan fingerprint density at radius 2 is 1.24 bits per heavy atom. The van der Waals surface area contributed by atoms with Crippen LogP contribution in [0.4, 0.5) is 0 Å². The first-order valence-electron chi connectivity index (χ1n) is 8.87. The zero-order valence-corrected chi connectivity index (χ0v) is 17.9. The van der Waals surface area contributed by atoms with Crippen molar-refractivity contribution in [3.63, 3.8) is 0 Å². The number of hydrogen-bond acceptors (Lipinski definition) is 5. The summed E-state index contributed by atoms with van der Waals surface area (Å²) in [5, 5.41) is 2.23. The maximum atomic E-state index is 5.55. The SMILES string of the molecule is C#CCSc1cnc2ccccc2c1Sc1cnc2ccccc2c1SCC#C. The molecule has 0 saturated carbocycles. The molecule has 0 saturated heterocycles. The molecule has 0 fully saturated rings. The Bertz CT molecular complexity index is 1270. The molecule has 0 amide bonds. The van der Waals surface area contributed by atoms with Crippen molar-refractivity contribution in [3.8, 4) is 24.7 Å². The van der Waals surface area contributed by atoms with E-state index in [1.54, 1.807) is 35.3 Å². The first-order valence-corrected chi connectivity index (χ1v) is 11.7. The Kier molecular flexibility index (Phi) is 6.32. The molecule has 0 atom stereocenters. The van der Waals surface area contributed by atoms with Crippen LogP contribution in [0.1, 0.15) is 0 Å². The Morgan fingerprint density at radius 3 is 1.90 bits per heavy atom. The average molecular weight is 429 g/mol. The van der Waals surface area contributed by atoms with Gasteiger partial charge in [0.2, 0.25) is 0 Å². The van der Waals surface area contributed by atoms with E-state index >= 15 is 0 Å². The van der Waals surface area contributed by atoms with Crippen molar-refractivity contribution in [2.24, 2.45) is 0 Å². The van der Waals surface area contributed by atoms with Crippen LogP contribution < -0.4 is 0 Å². The summed E-state index contributed by atoms with van der Waals surface area (Å²) in [6.45, 7) is 0. The van der Waals surface area contributed by atoms with Gasteiger partial charge in [0.25, 0.3) is 0 Å². The molecule has 0 aliphatic rings. The monoisotopic (exact) mass is 428 g/mol.